The van der Waals surface area contributed by atoms with E-state index in [0.717, 1.165) is 32.5 Å². The van der Waals surface area contributed by atoms with Gasteiger partial charge in [-0.15, -0.1) is 0 Å². The lowest BCUT2D eigenvalue weighted by atomic mass is 9.91. The van der Waals surface area contributed by atoms with Gasteiger partial charge in [0, 0.05) is 24.8 Å². The number of hydrogen-bond acceptors (Lipinski definition) is 3. The van der Waals surface area contributed by atoms with E-state index in [1.807, 2.05) is 0 Å². The monoisotopic (exact) mass is 271 g/mol. The number of hydrogen-bond donors (Lipinski definition) is 2. The number of nitrogens with one attached hydrogen (secondary N) is 1. The summed E-state index contributed by atoms with van der Waals surface area (Å²) in [6.07, 6.45) is 8.06. The molecule has 1 fully saturated rings. The standard InChI is InChI=1S/C16H33NO2/c1-4-7-14(3)12-19-11-6-10-16(5-2,13-18)17-15-8-9-15/h14-15,17-18H,4-13H2,1-3H3. The summed E-state index contributed by atoms with van der Waals surface area (Å²) in [5.74, 6) is 0.670. The van der Waals surface area contributed by atoms with E-state index in [0.29, 0.717) is 12.0 Å². The van der Waals surface area contributed by atoms with E-state index in [2.05, 4.69) is 26.1 Å². The maximum atomic E-state index is 9.66. The molecule has 0 amide bonds. The maximum Gasteiger partial charge on any atom is 0.0613 e. The van der Waals surface area contributed by atoms with Gasteiger partial charge in [0.25, 0.3) is 0 Å². The molecule has 114 valence electrons. The lowest BCUT2D eigenvalue weighted by Crippen LogP contribution is -2.49. The molecule has 0 saturated heterocycles. The van der Waals surface area contributed by atoms with E-state index in [4.69, 9.17) is 4.74 Å². The van der Waals surface area contributed by atoms with Crippen LogP contribution >= 0.6 is 0 Å². The largest absolute Gasteiger partial charge is 0.394 e. The number of aliphatic hydroxyl groups is 1. The van der Waals surface area contributed by atoms with Gasteiger partial charge in [-0.1, -0.05) is 27.2 Å². The van der Waals surface area contributed by atoms with Crippen molar-refractivity contribution in [1.82, 2.24) is 5.32 Å². The minimum Gasteiger partial charge on any atom is -0.394 e. The van der Waals surface area contributed by atoms with Gasteiger partial charge in [-0.25, -0.2) is 0 Å². The van der Waals surface area contributed by atoms with E-state index in [1.165, 1.54) is 25.7 Å². The molecule has 3 nitrogen and oxygen atoms in total. The Kier molecular flexibility index (Phi) is 7.96. The third-order valence-corrected chi connectivity index (χ3v) is 4.19. The summed E-state index contributed by atoms with van der Waals surface area (Å²) in [7, 11) is 0. The van der Waals surface area contributed by atoms with Crippen LogP contribution in [0.25, 0.3) is 0 Å². The normalized spacial score (nSPS) is 20.2. The SMILES string of the molecule is CCCC(C)COCCCC(CC)(CO)NC1CC1. The van der Waals surface area contributed by atoms with Crippen LogP contribution in [0.3, 0.4) is 0 Å². The predicted molar refractivity (Wildman–Crippen MR) is 80.4 cm³/mol. The molecule has 2 N–H and O–H groups in total. The molecule has 0 spiro atoms. The molecule has 1 aliphatic carbocycles. The molecule has 0 bridgehead atoms. The Morgan fingerprint density at radius 1 is 1.37 bits per heavy atom. The van der Waals surface area contributed by atoms with Crippen LogP contribution in [0.1, 0.15) is 65.7 Å². The highest BCUT2D eigenvalue weighted by atomic mass is 16.5. The van der Waals surface area contributed by atoms with Gasteiger partial charge < -0.3 is 15.2 Å². The van der Waals surface area contributed by atoms with Crippen molar-refractivity contribution in [2.24, 2.45) is 5.92 Å². The molecule has 0 heterocycles. The predicted octanol–water partition coefficient (Wildman–Crippen LogP) is 3.11. The van der Waals surface area contributed by atoms with Crippen molar-refractivity contribution in [3.05, 3.63) is 0 Å². The quantitative estimate of drug-likeness (QED) is 0.536. The lowest BCUT2D eigenvalue weighted by Gasteiger charge is -2.32. The molecule has 1 aliphatic rings. The van der Waals surface area contributed by atoms with Crippen LogP contribution in [-0.4, -0.2) is 36.5 Å². The second kappa shape index (κ2) is 8.93. The summed E-state index contributed by atoms with van der Waals surface area (Å²) in [5, 5.41) is 13.3. The summed E-state index contributed by atoms with van der Waals surface area (Å²) in [4.78, 5) is 0. The first-order chi connectivity index (χ1) is 9.15. The second-order valence-corrected chi connectivity index (χ2v) is 6.28. The molecule has 19 heavy (non-hydrogen) atoms. The Morgan fingerprint density at radius 3 is 2.63 bits per heavy atom. The highest BCUT2D eigenvalue weighted by Gasteiger charge is 2.33. The fourth-order valence-electron chi connectivity index (χ4n) is 2.62. The molecule has 0 radical (unpaired) electrons. The average Bonchev–Trinajstić information content (AvgIpc) is 3.21. The molecule has 2 atom stereocenters. The van der Waals surface area contributed by atoms with Gasteiger partial charge in [0.1, 0.15) is 0 Å². The molecular weight excluding hydrogens is 238 g/mol. The molecule has 0 aromatic heterocycles. The van der Waals surface area contributed by atoms with Gasteiger partial charge in [0.2, 0.25) is 0 Å². The molecule has 1 rings (SSSR count). The first-order valence-corrected chi connectivity index (χ1v) is 8.12. The van der Waals surface area contributed by atoms with Crippen LogP contribution in [0.4, 0.5) is 0 Å². The van der Waals surface area contributed by atoms with Crippen molar-refractivity contribution in [3.8, 4) is 0 Å². The number of rotatable bonds is 12. The van der Waals surface area contributed by atoms with Crippen molar-refractivity contribution in [1.29, 1.82) is 0 Å². The zero-order chi connectivity index (χ0) is 14.1. The summed E-state index contributed by atoms with van der Waals surface area (Å²) < 4.78 is 5.74. The Bertz CT molecular complexity index is 225. The Hall–Kier alpha value is -0.120. The molecule has 3 heteroatoms. The smallest absolute Gasteiger partial charge is 0.0613 e. The zero-order valence-corrected chi connectivity index (χ0v) is 13.1. The topological polar surface area (TPSA) is 41.5 Å². The summed E-state index contributed by atoms with van der Waals surface area (Å²) in [6.45, 7) is 8.57. The van der Waals surface area contributed by atoms with Crippen LogP contribution in [-0.2, 0) is 4.74 Å². The summed E-state index contributed by atoms with van der Waals surface area (Å²) in [6, 6.07) is 0.651. The Balaban J connectivity index is 2.13. The van der Waals surface area contributed by atoms with Crippen molar-refractivity contribution in [2.75, 3.05) is 19.8 Å². The van der Waals surface area contributed by atoms with Gasteiger partial charge in [-0.3, -0.25) is 0 Å². The fourth-order valence-corrected chi connectivity index (χ4v) is 2.62. The summed E-state index contributed by atoms with van der Waals surface area (Å²) in [5.41, 5.74) is -0.0699. The maximum absolute atomic E-state index is 9.66. The van der Waals surface area contributed by atoms with Gasteiger partial charge in [0.15, 0.2) is 0 Å². The molecular formula is C16H33NO2. The minimum absolute atomic E-state index is 0.0699. The number of aliphatic hydroxyl groups excluding tert-OH is 1. The van der Waals surface area contributed by atoms with E-state index >= 15 is 0 Å². The van der Waals surface area contributed by atoms with E-state index in [-0.39, 0.29) is 12.1 Å². The van der Waals surface area contributed by atoms with E-state index < -0.39 is 0 Å². The van der Waals surface area contributed by atoms with E-state index in [1.54, 1.807) is 0 Å². The molecule has 0 aromatic rings. The Labute approximate surface area is 119 Å². The highest BCUT2D eigenvalue weighted by molar-refractivity contribution is 4.94. The van der Waals surface area contributed by atoms with Crippen LogP contribution in [0.15, 0.2) is 0 Å². The molecule has 1 saturated carbocycles. The van der Waals surface area contributed by atoms with Gasteiger partial charge >= 0.3 is 0 Å². The molecule has 0 aromatic carbocycles. The Morgan fingerprint density at radius 2 is 2.11 bits per heavy atom. The zero-order valence-electron chi connectivity index (χ0n) is 13.1. The van der Waals surface area contributed by atoms with Crippen molar-refractivity contribution in [2.45, 2.75) is 77.3 Å². The van der Waals surface area contributed by atoms with Crippen molar-refractivity contribution >= 4 is 0 Å². The second-order valence-electron chi connectivity index (χ2n) is 6.28. The van der Waals surface area contributed by atoms with Crippen molar-refractivity contribution < 1.29 is 9.84 Å². The van der Waals surface area contributed by atoms with Crippen LogP contribution < -0.4 is 5.32 Å². The lowest BCUT2D eigenvalue weighted by molar-refractivity contribution is 0.0824. The van der Waals surface area contributed by atoms with E-state index in [9.17, 15) is 5.11 Å². The van der Waals surface area contributed by atoms with Crippen molar-refractivity contribution in [3.63, 3.8) is 0 Å². The fraction of sp³-hybridized carbons (Fsp3) is 1.00. The molecule has 0 aliphatic heterocycles. The van der Waals surface area contributed by atoms with Crippen LogP contribution in [0.2, 0.25) is 0 Å². The third-order valence-electron chi connectivity index (χ3n) is 4.19. The first kappa shape index (κ1) is 16.9. The highest BCUT2D eigenvalue weighted by Crippen LogP contribution is 2.26. The molecule has 2 unspecified atom stereocenters. The van der Waals surface area contributed by atoms with Crippen LogP contribution in [0.5, 0.6) is 0 Å². The average molecular weight is 271 g/mol. The minimum atomic E-state index is -0.0699. The first-order valence-electron chi connectivity index (χ1n) is 8.12. The number of ether oxygens (including phenoxy) is 1. The summed E-state index contributed by atoms with van der Waals surface area (Å²) >= 11 is 0. The van der Waals surface area contributed by atoms with Gasteiger partial charge in [-0.05, 0) is 44.4 Å². The van der Waals surface area contributed by atoms with Gasteiger partial charge in [-0.2, -0.15) is 0 Å². The third kappa shape index (κ3) is 6.73. The van der Waals surface area contributed by atoms with Gasteiger partial charge in [0.05, 0.1) is 6.61 Å². The van der Waals surface area contributed by atoms with Crippen LogP contribution in [0, 0.1) is 5.92 Å².